The van der Waals surface area contributed by atoms with Crippen LogP contribution in [0.4, 0.5) is 13.2 Å². The third-order valence-electron chi connectivity index (χ3n) is 11.2. The van der Waals surface area contributed by atoms with E-state index < -0.39 is 11.7 Å². The molecule has 0 bridgehead atoms. The number of hydrogen-bond acceptors (Lipinski definition) is 3. The number of aromatic nitrogens is 5. The van der Waals surface area contributed by atoms with Gasteiger partial charge in [-0.2, -0.15) is 13.2 Å². The number of rotatable bonds is 6. The Hall–Kier alpha value is -7.84. The normalized spacial score (nSPS) is 11.9. The minimum Gasteiger partial charge on any atom is -0.309 e. The summed E-state index contributed by atoms with van der Waals surface area (Å²) in [6.07, 6.45) is -4.63. The molecule has 8 heteroatoms. The lowest BCUT2D eigenvalue weighted by Gasteiger charge is -2.19. The van der Waals surface area contributed by atoms with Crippen molar-refractivity contribution in [3.8, 4) is 56.7 Å². The maximum atomic E-state index is 15.1. The maximum absolute atomic E-state index is 15.1. The van der Waals surface area contributed by atoms with Gasteiger partial charge in [-0.25, -0.2) is 15.0 Å². The second-order valence-electron chi connectivity index (χ2n) is 14.7. The van der Waals surface area contributed by atoms with Gasteiger partial charge in [-0.1, -0.05) is 140 Å². The summed E-state index contributed by atoms with van der Waals surface area (Å²) >= 11 is 0. The molecule has 0 unspecified atom stereocenters. The molecule has 11 aromatic rings. The summed E-state index contributed by atoms with van der Waals surface area (Å²) in [5.41, 5.74) is 7.21. The molecule has 0 radical (unpaired) electrons. The minimum absolute atomic E-state index is 0.0484. The summed E-state index contributed by atoms with van der Waals surface area (Å²) < 4.78 is 49.8. The van der Waals surface area contributed by atoms with Crippen LogP contribution in [0, 0.1) is 0 Å². The predicted octanol–water partition coefficient (Wildman–Crippen LogP) is 13.8. The van der Waals surface area contributed by atoms with Crippen molar-refractivity contribution in [2.24, 2.45) is 0 Å². The molecule has 11 rings (SSSR count). The first-order valence-electron chi connectivity index (χ1n) is 19.6. The van der Waals surface area contributed by atoms with E-state index in [9.17, 15) is 0 Å². The van der Waals surface area contributed by atoms with Crippen molar-refractivity contribution >= 4 is 43.6 Å². The van der Waals surface area contributed by atoms with Gasteiger partial charge in [0.15, 0.2) is 17.5 Å². The molecule has 0 N–H and O–H groups in total. The summed E-state index contributed by atoms with van der Waals surface area (Å²) in [4.78, 5) is 14.8. The molecule has 0 amide bonds. The van der Waals surface area contributed by atoms with Gasteiger partial charge in [0.05, 0.1) is 33.3 Å². The van der Waals surface area contributed by atoms with Gasteiger partial charge < -0.3 is 9.13 Å². The van der Waals surface area contributed by atoms with Gasteiger partial charge in [-0.05, 0) is 60.2 Å². The zero-order chi connectivity index (χ0) is 40.4. The lowest BCUT2D eigenvalue weighted by Crippen LogP contribution is -2.08. The number of nitrogens with zero attached hydrogens (tertiary/aromatic N) is 5. The van der Waals surface area contributed by atoms with E-state index in [2.05, 4.69) is 51.6 Å². The van der Waals surface area contributed by atoms with Crippen molar-refractivity contribution in [3.63, 3.8) is 0 Å². The summed E-state index contributed by atoms with van der Waals surface area (Å²) in [5, 5.41) is 4.01. The highest BCUT2D eigenvalue weighted by Gasteiger charge is 2.34. The molecule has 8 aromatic carbocycles. The van der Waals surface area contributed by atoms with Crippen LogP contribution in [-0.2, 0) is 6.18 Å². The zero-order valence-electron chi connectivity index (χ0n) is 31.8. The number of para-hydroxylation sites is 3. The molecule has 0 spiro atoms. The largest absolute Gasteiger partial charge is 0.417 e. The highest BCUT2D eigenvalue weighted by molar-refractivity contribution is 6.26. The van der Waals surface area contributed by atoms with Crippen molar-refractivity contribution in [3.05, 3.63) is 200 Å². The van der Waals surface area contributed by atoms with Crippen molar-refractivity contribution in [1.82, 2.24) is 24.1 Å². The summed E-state index contributed by atoms with van der Waals surface area (Å²) in [6.45, 7) is 0. The molecular weight excluding hydrogens is 752 g/mol. The number of alkyl halides is 3. The number of halogens is 3. The van der Waals surface area contributed by atoms with Gasteiger partial charge in [0.2, 0.25) is 0 Å². The Morgan fingerprint density at radius 3 is 1.57 bits per heavy atom. The second-order valence-corrected chi connectivity index (χ2v) is 14.7. The molecular formula is C52H32F3N5. The first kappa shape index (κ1) is 35.3. The average Bonchev–Trinajstić information content (AvgIpc) is 3.82. The Kier molecular flexibility index (Phi) is 8.20. The van der Waals surface area contributed by atoms with Gasteiger partial charge in [-0.3, -0.25) is 0 Å². The Labute approximate surface area is 342 Å². The highest BCUT2D eigenvalue weighted by atomic mass is 19.4. The third kappa shape index (κ3) is 5.75. The monoisotopic (exact) mass is 783 g/mol. The number of benzene rings is 8. The molecule has 0 saturated heterocycles. The van der Waals surface area contributed by atoms with E-state index in [-0.39, 0.29) is 5.56 Å². The molecule has 0 saturated carbocycles. The van der Waals surface area contributed by atoms with Crippen LogP contribution >= 0.6 is 0 Å². The third-order valence-corrected chi connectivity index (χ3v) is 11.2. The maximum Gasteiger partial charge on any atom is 0.417 e. The molecule has 286 valence electrons. The Balaban J connectivity index is 1.25. The second kappa shape index (κ2) is 13.9. The van der Waals surface area contributed by atoms with E-state index in [0.29, 0.717) is 34.3 Å². The van der Waals surface area contributed by atoms with Crippen molar-refractivity contribution in [2.75, 3.05) is 0 Å². The quantitative estimate of drug-likeness (QED) is 0.169. The van der Waals surface area contributed by atoms with Crippen LogP contribution in [-0.4, -0.2) is 24.1 Å². The van der Waals surface area contributed by atoms with Gasteiger partial charge in [-0.15, -0.1) is 0 Å². The first-order valence-corrected chi connectivity index (χ1v) is 19.6. The Morgan fingerprint density at radius 2 is 0.917 bits per heavy atom. The number of hydrogen-bond donors (Lipinski definition) is 0. The molecule has 0 aliphatic carbocycles. The van der Waals surface area contributed by atoms with Gasteiger partial charge in [0, 0.05) is 49.5 Å². The molecule has 5 nitrogen and oxygen atoms in total. The van der Waals surface area contributed by atoms with Crippen LogP contribution in [0.5, 0.6) is 0 Å². The fourth-order valence-electron chi connectivity index (χ4n) is 8.60. The smallest absolute Gasteiger partial charge is 0.309 e. The van der Waals surface area contributed by atoms with E-state index in [1.807, 2.05) is 121 Å². The highest BCUT2D eigenvalue weighted by Crippen LogP contribution is 2.46. The molecule has 3 aromatic heterocycles. The standard InChI is InChI=1S/C52H32F3N5/c53-52(54,55)42-25-13-10-22-37(42)41-32-35(51-57-49(33-16-4-1-5-17-33)56-50(58-51)34-18-6-2-7-19-34)28-30-45(41)60-43-26-14-11-23-38(43)39-29-31-46-47(48(39)60)40-24-12-15-27-44(40)59(46)36-20-8-3-9-21-36/h1-32H. The van der Waals surface area contributed by atoms with Gasteiger partial charge in [0.25, 0.3) is 0 Å². The van der Waals surface area contributed by atoms with Crippen LogP contribution in [0.25, 0.3) is 100 Å². The van der Waals surface area contributed by atoms with Crippen molar-refractivity contribution in [2.45, 2.75) is 6.18 Å². The minimum atomic E-state index is -4.63. The lowest BCUT2D eigenvalue weighted by molar-refractivity contribution is -0.137. The molecule has 0 fully saturated rings. The fourth-order valence-corrected chi connectivity index (χ4v) is 8.60. The van der Waals surface area contributed by atoms with Crippen LogP contribution in [0.2, 0.25) is 0 Å². The molecule has 3 heterocycles. The van der Waals surface area contributed by atoms with E-state index in [1.54, 1.807) is 18.2 Å². The lowest BCUT2D eigenvalue weighted by atomic mass is 9.95. The first-order chi connectivity index (χ1) is 29.4. The Bertz CT molecular complexity index is 3350. The zero-order valence-corrected chi connectivity index (χ0v) is 31.8. The topological polar surface area (TPSA) is 48.5 Å². The predicted molar refractivity (Wildman–Crippen MR) is 235 cm³/mol. The van der Waals surface area contributed by atoms with E-state index in [1.165, 1.54) is 6.07 Å². The number of fused-ring (bicyclic) bond motifs is 7. The van der Waals surface area contributed by atoms with Crippen LogP contribution in [0.3, 0.4) is 0 Å². The fraction of sp³-hybridized carbons (Fsp3) is 0.0192. The van der Waals surface area contributed by atoms with Crippen LogP contribution < -0.4 is 0 Å². The molecule has 0 aliphatic heterocycles. The van der Waals surface area contributed by atoms with Gasteiger partial charge in [0.1, 0.15) is 0 Å². The Morgan fingerprint density at radius 1 is 0.383 bits per heavy atom. The molecule has 0 atom stereocenters. The van der Waals surface area contributed by atoms with Gasteiger partial charge >= 0.3 is 6.18 Å². The summed E-state index contributed by atoms with van der Waals surface area (Å²) in [7, 11) is 0. The van der Waals surface area contributed by atoms with Crippen molar-refractivity contribution < 1.29 is 13.2 Å². The van der Waals surface area contributed by atoms with E-state index in [4.69, 9.17) is 15.0 Å². The molecule has 60 heavy (non-hydrogen) atoms. The van der Waals surface area contributed by atoms with E-state index >= 15 is 13.2 Å². The average molecular weight is 784 g/mol. The van der Waals surface area contributed by atoms with Crippen LogP contribution in [0.15, 0.2) is 194 Å². The van der Waals surface area contributed by atoms with Crippen molar-refractivity contribution in [1.29, 1.82) is 0 Å². The van der Waals surface area contributed by atoms with E-state index in [0.717, 1.165) is 66.5 Å². The van der Waals surface area contributed by atoms with Crippen LogP contribution in [0.1, 0.15) is 5.56 Å². The molecule has 0 aliphatic rings. The summed E-state index contributed by atoms with van der Waals surface area (Å²) in [6, 6.07) is 61.5. The summed E-state index contributed by atoms with van der Waals surface area (Å²) in [5.74, 6) is 1.26. The SMILES string of the molecule is FC(F)(F)c1ccccc1-c1cc(-c2nc(-c3ccccc3)nc(-c3ccccc3)n2)ccc1-n1c2ccccc2c2ccc3c(c4ccccc4n3-c3ccccc3)c21.